The van der Waals surface area contributed by atoms with E-state index in [9.17, 15) is 18.0 Å². The van der Waals surface area contributed by atoms with Crippen LogP contribution in [0.1, 0.15) is 40.6 Å². The van der Waals surface area contributed by atoms with Crippen LogP contribution in [-0.4, -0.2) is 65.9 Å². The van der Waals surface area contributed by atoms with Crippen molar-refractivity contribution in [2.24, 2.45) is 0 Å². The minimum atomic E-state index is -3.13. The molecule has 0 aliphatic carbocycles. The van der Waals surface area contributed by atoms with Crippen LogP contribution < -0.4 is 0 Å². The molecule has 1 amide bonds. The Morgan fingerprint density at radius 3 is 2.71 bits per heavy atom. The molecule has 0 saturated carbocycles. The number of hydrogen-bond acceptors (Lipinski definition) is 9. The summed E-state index contributed by atoms with van der Waals surface area (Å²) in [5.41, 5.74) is 1.45. The third-order valence-corrected chi connectivity index (χ3v) is 9.95. The number of fused-ring (bicyclic) bond motifs is 1. The molecule has 0 unspecified atom stereocenters. The van der Waals surface area contributed by atoms with E-state index in [0.29, 0.717) is 29.8 Å². The van der Waals surface area contributed by atoms with Crippen molar-refractivity contribution in [1.29, 1.82) is 0 Å². The zero-order valence-electron chi connectivity index (χ0n) is 19.8. The highest BCUT2D eigenvalue weighted by atomic mass is 32.2. The number of esters is 1. The van der Waals surface area contributed by atoms with Gasteiger partial charge in [0.1, 0.15) is 16.2 Å². The first kappa shape index (κ1) is 25.6. The molecular formula is C24H27N3O5S3. The zero-order chi connectivity index (χ0) is 25.2. The Morgan fingerprint density at radius 2 is 2.00 bits per heavy atom. The highest BCUT2D eigenvalue weighted by Gasteiger charge is 2.34. The Morgan fingerprint density at radius 1 is 1.23 bits per heavy atom. The first-order chi connectivity index (χ1) is 16.7. The van der Waals surface area contributed by atoms with Crippen LogP contribution in [0.3, 0.4) is 0 Å². The second-order valence-corrected chi connectivity index (χ2v) is 12.9. The number of aromatic nitrogens is 2. The second kappa shape index (κ2) is 10.6. The van der Waals surface area contributed by atoms with Crippen LogP contribution in [0, 0.1) is 13.8 Å². The third kappa shape index (κ3) is 5.68. The minimum absolute atomic E-state index is 0.0406. The number of rotatable bonds is 8. The van der Waals surface area contributed by atoms with Crippen LogP contribution in [-0.2, 0) is 19.4 Å². The van der Waals surface area contributed by atoms with Gasteiger partial charge in [0.15, 0.2) is 16.4 Å². The van der Waals surface area contributed by atoms with Crippen molar-refractivity contribution < 1.29 is 22.7 Å². The largest absolute Gasteiger partial charge is 0.452 e. The lowest BCUT2D eigenvalue weighted by Crippen LogP contribution is -2.43. The number of carbonyl (C=O) groups is 2. The SMILES string of the molecule is CCCN(C(=O)COC(=O)c1ccccc1Sc1ncnc2sc(C)c(C)c12)[C@@H]1CCS(=O)(=O)C1. The Kier molecular flexibility index (Phi) is 7.77. The summed E-state index contributed by atoms with van der Waals surface area (Å²) < 4.78 is 29.2. The van der Waals surface area contributed by atoms with Crippen LogP contribution in [0.15, 0.2) is 40.5 Å². The molecule has 11 heteroatoms. The summed E-state index contributed by atoms with van der Waals surface area (Å²) in [5.74, 6) is -0.953. The molecule has 1 aromatic carbocycles. The molecule has 1 aliphatic heterocycles. The summed E-state index contributed by atoms with van der Waals surface area (Å²) in [4.78, 5) is 38.9. The van der Waals surface area contributed by atoms with Gasteiger partial charge in [0.05, 0.1) is 17.1 Å². The molecule has 1 aliphatic rings. The molecule has 0 bridgehead atoms. The molecule has 1 atom stereocenters. The van der Waals surface area contributed by atoms with Crippen LogP contribution >= 0.6 is 23.1 Å². The first-order valence-electron chi connectivity index (χ1n) is 11.3. The number of thiophene rings is 1. The van der Waals surface area contributed by atoms with E-state index in [1.807, 2.05) is 32.9 Å². The molecule has 1 fully saturated rings. The number of sulfone groups is 1. The van der Waals surface area contributed by atoms with Crippen molar-refractivity contribution in [3.8, 4) is 0 Å². The zero-order valence-corrected chi connectivity index (χ0v) is 22.3. The predicted molar refractivity (Wildman–Crippen MR) is 137 cm³/mol. The van der Waals surface area contributed by atoms with Crippen molar-refractivity contribution in [3.63, 3.8) is 0 Å². The maximum absolute atomic E-state index is 13.0. The van der Waals surface area contributed by atoms with Crippen molar-refractivity contribution in [1.82, 2.24) is 14.9 Å². The number of hydrogen-bond donors (Lipinski definition) is 0. The molecule has 3 aromatic rings. The van der Waals surface area contributed by atoms with Gasteiger partial charge in [0, 0.05) is 27.7 Å². The Bertz CT molecular complexity index is 1370. The average Bonchev–Trinajstić information content (AvgIpc) is 3.34. The maximum Gasteiger partial charge on any atom is 0.339 e. The number of aryl methyl sites for hydroxylation is 2. The molecule has 0 spiro atoms. The molecule has 8 nitrogen and oxygen atoms in total. The number of nitrogens with zero attached hydrogens (tertiary/aromatic N) is 3. The highest BCUT2D eigenvalue weighted by Crippen LogP contribution is 2.38. The summed E-state index contributed by atoms with van der Waals surface area (Å²) in [6.07, 6.45) is 2.62. The van der Waals surface area contributed by atoms with Gasteiger partial charge in [-0.05, 0) is 44.4 Å². The first-order valence-corrected chi connectivity index (χ1v) is 14.8. The fourth-order valence-electron chi connectivity index (χ4n) is 4.12. The van der Waals surface area contributed by atoms with Crippen molar-refractivity contribution in [3.05, 3.63) is 46.6 Å². The van der Waals surface area contributed by atoms with Gasteiger partial charge in [-0.1, -0.05) is 30.8 Å². The van der Waals surface area contributed by atoms with Crippen molar-refractivity contribution >= 4 is 55.0 Å². The molecule has 0 N–H and O–H groups in total. The maximum atomic E-state index is 13.0. The topological polar surface area (TPSA) is 107 Å². The summed E-state index contributed by atoms with van der Waals surface area (Å²) in [5, 5.41) is 1.73. The molecule has 2 aromatic heterocycles. The third-order valence-electron chi connectivity index (χ3n) is 6.00. The Hall–Kier alpha value is -2.50. The summed E-state index contributed by atoms with van der Waals surface area (Å²) >= 11 is 2.97. The lowest BCUT2D eigenvalue weighted by Gasteiger charge is -2.27. The fraction of sp³-hybridized carbons (Fsp3) is 0.417. The number of carbonyl (C=O) groups excluding carboxylic acids is 2. The predicted octanol–water partition coefficient (Wildman–Crippen LogP) is 4.04. The monoisotopic (exact) mass is 533 g/mol. The van der Waals surface area contributed by atoms with Crippen molar-refractivity contribution in [2.45, 2.75) is 49.6 Å². The smallest absolute Gasteiger partial charge is 0.339 e. The van der Waals surface area contributed by atoms with Crippen LogP contribution in [0.5, 0.6) is 0 Å². The van der Waals surface area contributed by atoms with Gasteiger partial charge >= 0.3 is 5.97 Å². The minimum Gasteiger partial charge on any atom is -0.452 e. The second-order valence-electron chi connectivity index (χ2n) is 8.46. The van der Waals surface area contributed by atoms with Gasteiger partial charge in [0.25, 0.3) is 5.91 Å². The molecule has 3 heterocycles. The molecular weight excluding hydrogens is 506 g/mol. The van der Waals surface area contributed by atoms with Gasteiger partial charge in [-0.25, -0.2) is 23.2 Å². The van der Waals surface area contributed by atoms with Gasteiger partial charge in [-0.2, -0.15) is 0 Å². The Balaban J connectivity index is 1.49. The molecule has 4 rings (SSSR count). The fourth-order valence-corrected chi connectivity index (χ4v) is 7.98. The van der Waals surface area contributed by atoms with E-state index in [-0.39, 0.29) is 23.5 Å². The van der Waals surface area contributed by atoms with E-state index < -0.39 is 22.4 Å². The van der Waals surface area contributed by atoms with E-state index in [0.717, 1.165) is 20.8 Å². The van der Waals surface area contributed by atoms with Crippen LogP contribution in [0.25, 0.3) is 10.2 Å². The van der Waals surface area contributed by atoms with E-state index in [4.69, 9.17) is 4.74 Å². The van der Waals surface area contributed by atoms with Gasteiger partial charge in [0.2, 0.25) is 0 Å². The van der Waals surface area contributed by atoms with Gasteiger partial charge in [-0.3, -0.25) is 4.79 Å². The van der Waals surface area contributed by atoms with Crippen LogP contribution in [0.4, 0.5) is 0 Å². The van der Waals surface area contributed by atoms with E-state index in [1.54, 1.807) is 23.5 Å². The number of ether oxygens (including phenoxy) is 1. The van der Waals surface area contributed by atoms with Crippen molar-refractivity contribution in [2.75, 3.05) is 24.7 Å². The standard InChI is InChI=1S/C24H27N3O5S3/c1-4-10-27(17-9-11-35(30,31)13-17)20(28)12-32-24(29)18-7-5-6-8-19(18)34-23-21-15(2)16(3)33-22(21)25-14-26-23/h5-8,14,17H,4,9-13H2,1-3H3/t17-/m1/s1. The van der Waals surface area contributed by atoms with E-state index >= 15 is 0 Å². The molecule has 35 heavy (non-hydrogen) atoms. The van der Waals surface area contributed by atoms with Crippen LogP contribution in [0.2, 0.25) is 0 Å². The number of amides is 1. The van der Waals surface area contributed by atoms with Gasteiger partial charge < -0.3 is 9.64 Å². The average molecular weight is 534 g/mol. The van der Waals surface area contributed by atoms with E-state index in [1.165, 1.54) is 27.9 Å². The summed E-state index contributed by atoms with van der Waals surface area (Å²) in [6, 6.07) is 6.68. The normalized spacial score (nSPS) is 16.9. The summed E-state index contributed by atoms with van der Waals surface area (Å²) in [7, 11) is -3.13. The molecule has 186 valence electrons. The number of benzene rings is 1. The molecule has 1 saturated heterocycles. The molecule has 0 radical (unpaired) electrons. The lowest BCUT2D eigenvalue weighted by atomic mass is 10.2. The summed E-state index contributed by atoms with van der Waals surface area (Å²) in [6.45, 7) is 5.98. The lowest BCUT2D eigenvalue weighted by molar-refractivity contribution is -0.136. The van der Waals surface area contributed by atoms with Gasteiger partial charge in [-0.15, -0.1) is 11.3 Å². The van der Waals surface area contributed by atoms with E-state index in [2.05, 4.69) is 9.97 Å². The quantitative estimate of drug-likeness (QED) is 0.315. The highest BCUT2D eigenvalue weighted by molar-refractivity contribution is 7.99. The Labute approximate surface area is 213 Å².